The van der Waals surface area contributed by atoms with Crippen LogP contribution in [-0.4, -0.2) is 23.7 Å². The van der Waals surface area contributed by atoms with Crippen LogP contribution >= 0.6 is 0 Å². The average Bonchev–Trinajstić information content (AvgIpc) is 2.77. The number of ether oxygens (including phenoxy) is 1. The van der Waals surface area contributed by atoms with Crippen molar-refractivity contribution < 1.29 is 19.4 Å². The zero-order valence-corrected chi connectivity index (χ0v) is 20.8. The maximum atomic E-state index is 11.8. The molecule has 0 fully saturated rings. The van der Waals surface area contributed by atoms with E-state index in [1.54, 1.807) is 0 Å². The minimum atomic E-state index is -0.702. The van der Waals surface area contributed by atoms with Crippen LogP contribution in [0.5, 0.6) is 0 Å². The van der Waals surface area contributed by atoms with Gasteiger partial charge in [-0.05, 0) is 51.4 Å². The van der Waals surface area contributed by atoms with Crippen molar-refractivity contribution >= 4 is 11.9 Å². The molecule has 0 aliphatic carbocycles. The van der Waals surface area contributed by atoms with E-state index < -0.39 is 5.97 Å². The van der Waals surface area contributed by atoms with Crippen LogP contribution in [0, 0.1) is 0 Å². The number of rotatable bonds is 24. The summed E-state index contributed by atoms with van der Waals surface area (Å²) in [5, 5.41) is 8.58. The number of hydrogen-bond acceptors (Lipinski definition) is 3. The van der Waals surface area contributed by atoms with Crippen molar-refractivity contribution in [3.8, 4) is 0 Å². The Labute approximate surface area is 197 Å². The molecule has 0 unspecified atom stereocenters. The first kappa shape index (κ1) is 30.4. The van der Waals surface area contributed by atoms with Gasteiger partial charge in [0, 0.05) is 12.8 Å². The standard InChI is InChI=1S/C28H50O4/c1-2-3-4-5-6-7-8-9-10-11-12-13-16-19-22-25-28(31)32-26-23-20-17-14-15-18-21-24-27(29)30/h6-7,9-10H,2-5,8,11-26H2,1H3,(H,29,30). The van der Waals surface area contributed by atoms with Crippen molar-refractivity contribution in [2.75, 3.05) is 6.61 Å². The highest BCUT2D eigenvalue weighted by Gasteiger charge is 2.02. The summed E-state index contributed by atoms with van der Waals surface area (Å²) in [5.74, 6) is -0.754. The topological polar surface area (TPSA) is 63.6 Å². The number of carbonyl (C=O) groups excluding carboxylic acids is 1. The van der Waals surface area contributed by atoms with Crippen molar-refractivity contribution in [1.82, 2.24) is 0 Å². The number of allylic oxidation sites excluding steroid dienone is 4. The predicted molar refractivity (Wildman–Crippen MR) is 135 cm³/mol. The van der Waals surface area contributed by atoms with E-state index in [0.717, 1.165) is 70.6 Å². The van der Waals surface area contributed by atoms with Crippen LogP contribution in [0.2, 0.25) is 0 Å². The fourth-order valence-electron chi connectivity index (χ4n) is 3.60. The van der Waals surface area contributed by atoms with Gasteiger partial charge in [-0.15, -0.1) is 0 Å². The van der Waals surface area contributed by atoms with E-state index >= 15 is 0 Å². The minimum absolute atomic E-state index is 0.0515. The summed E-state index contributed by atoms with van der Waals surface area (Å²) >= 11 is 0. The summed E-state index contributed by atoms with van der Waals surface area (Å²) in [6.07, 6.45) is 30.2. The lowest BCUT2D eigenvalue weighted by atomic mass is 10.1. The van der Waals surface area contributed by atoms with Gasteiger partial charge in [0.25, 0.3) is 0 Å². The Morgan fingerprint density at radius 3 is 1.72 bits per heavy atom. The molecule has 0 aromatic rings. The molecule has 0 radical (unpaired) electrons. The highest BCUT2D eigenvalue weighted by molar-refractivity contribution is 5.69. The Kier molecular flexibility index (Phi) is 24.4. The molecule has 0 heterocycles. The molecular formula is C28H50O4. The van der Waals surface area contributed by atoms with E-state index in [2.05, 4.69) is 31.2 Å². The van der Waals surface area contributed by atoms with Gasteiger partial charge in [0.15, 0.2) is 0 Å². The van der Waals surface area contributed by atoms with Crippen LogP contribution < -0.4 is 0 Å². The summed E-state index contributed by atoms with van der Waals surface area (Å²) in [6, 6.07) is 0. The van der Waals surface area contributed by atoms with E-state index in [4.69, 9.17) is 9.84 Å². The van der Waals surface area contributed by atoms with Crippen LogP contribution in [0.1, 0.15) is 135 Å². The predicted octanol–water partition coefficient (Wildman–Crippen LogP) is 8.55. The molecule has 1 N–H and O–H groups in total. The molecular weight excluding hydrogens is 400 g/mol. The molecule has 0 saturated heterocycles. The van der Waals surface area contributed by atoms with Crippen molar-refractivity contribution in [1.29, 1.82) is 0 Å². The first-order valence-electron chi connectivity index (χ1n) is 13.3. The normalized spacial score (nSPS) is 11.5. The SMILES string of the molecule is CCCCCC=CCC=CCCCCCCCC(=O)OCCCCCCCCCC(=O)O. The van der Waals surface area contributed by atoms with E-state index in [1.165, 1.54) is 44.9 Å². The first-order valence-corrected chi connectivity index (χ1v) is 13.3. The van der Waals surface area contributed by atoms with E-state index in [-0.39, 0.29) is 12.4 Å². The summed E-state index contributed by atoms with van der Waals surface area (Å²) in [6.45, 7) is 2.78. The highest BCUT2D eigenvalue weighted by atomic mass is 16.5. The first-order chi connectivity index (χ1) is 15.7. The number of unbranched alkanes of at least 4 members (excludes halogenated alkanes) is 14. The summed E-state index contributed by atoms with van der Waals surface area (Å²) in [4.78, 5) is 22.2. The summed E-state index contributed by atoms with van der Waals surface area (Å²) in [5.41, 5.74) is 0. The van der Waals surface area contributed by atoms with Gasteiger partial charge in [0.05, 0.1) is 6.61 Å². The number of esters is 1. The molecule has 0 spiro atoms. The number of hydrogen-bond donors (Lipinski definition) is 1. The van der Waals surface area contributed by atoms with Gasteiger partial charge >= 0.3 is 11.9 Å². The molecule has 32 heavy (non-hydrogen) atoms. The molecule has 0 rings (SSSR count). The molecule has 4 nitrogen and oxygen atoms in total. The monoisotopic (exact) mass is 450 g/mol. The van der Waals surface area contributed by atoms with Gasteiger partial charge < -0.3 is 9.84 Å². The Bertz CT molecular complexity index is 482. The molecule has 0 aliphatic rings. The molecule has 0 aromatic carbocycles. The molecule has 0 saturated carbocycles. The second-order valence-electron chi connectivity index (χ2n) is 8.82. The largest absolute Gasteiger partial charge is 0.481 e. The van der Waals surface area contributed by atoms with Crippen LogP contribution in [0.15, 0.2) is 24.3 Å². The third kappa shape index (κ3) is 26.5. The van der Waals surface area contributed by atoms with E-state index in [0.29, 0.717) is 13.0 Å². The fraction of sp³-hybridized carbons (Fsp3) is 0.786. The summed E-state index contributed by atoms with van der Waals surface area (Å²) < 4.78 is 5.31. The van der Waals surface area contributed by atoms with Crippen LogP contribution in [0.4, 0.5) is 0 Å². The van der Waals surface area contributed by atoms with Gasteiger partial charge in [-0.1, -0.05) is 95.4 Å². The van der Waals surface area contributed by atoms with Gasteiger partial charge in [-0.2, -0.15) is 0 Å². The lowest BCUT2D eigenvalue weighted by Crippen LogP contribution is -2.05. The third-order valence-corrected chi connectivity index (χ3v) is 5.63. The Morgan fingerprint density at radius 2 is 1.12 bits per heavy atom. The van der Waals surface area contributed by atoms with Gasteiger partial charge in [-0.3, -0.25) is 9.59 Å². The number of aliphatic carboxylic acids is 1. The lowest BCUT2D eigenvalue weighted by molar-refractivity contribution is -0.144. The highest BCUT2D eigenvalue weighted by Crippen LogP contribution is 2.10. The van der Waals surface area contributed by atoms with Crippen molar-refractivity contribution in [3.63, 3.8) is 0 Å². The minimum Gasteiger partial charge on any atom is -0.481 e. The average molecular weight is 451 g/mol. The summed E-state index contributed by atoms with van der Waals surface area (Å²) in [7, 11) is 0. The van der Waals surface area contributed by atoms with Crippen molar-refractivity contribution in [2.24, 2.45) is 0 Å². The Balaban J connectivity index is 3.26. The van der Waals surface area contributed by atoms with Gasteiger partial charge in [-0.25, -0.2) is 0 Å². The van der Waals surface area contributed by atoms with Gasteiger partial charge in [0.1, 0.15) is 0 Å². The molecule has 0 amide bonds. The second-order valence-corrected chi connectivity index (χ2v) is 8.82. The Morgan fingerprint density at radius 1 is 0.625 bits per heavy atom. The molecule has 0 aromatic heterocycles. The Hall–Kier alpha value is -1.58. The number of carboxylic acid groups (broad SMARTS) is 1. The zero-order chi connectivity index (χ0) is 23.5. The molecule has 4 heteroatoms. The number of carboxylic acids is 1. The smallest absolute Gasteiger partial charge is 0.305 e. The van der Waals surface area contributed by atoms with E-state index in [1.807, 2.05) is 0 Å². The van der Waals surface area contributed by atoms with Crippen molar-refractivity contribution in [2.45, 2.75) is 135 Å². The maximum absolute atomic E-state index is 11.8. The molecule has 0 aliphatic heterocycles. The molecule has 0 atom stereocenters. The number of carbonyl (C=O) groups is 2. The van der Waals surface area contributed by atoms with E-state index in [9.17, 15) is 9.59 Å². The maximum Gasteiger partial charge on any atom is 0.305 e. The lowest BCUT2D eigenvalue weighted by Gasteiger charge is -2.05. The molecule has 0 bridgehead atoms. The second kappa shape index (κ2) is 25.7. The van der Waals surface area contributed by atoms with Crippen LogP contribution in [-0.2, 0) is 14.3 Å². The van der Waals surface area contributed by atoms with Crippen LogP contribution in [0.3, 0.4) is 0 Å². The van der Waals surface area contributed by atoms with Gasteiger partial charge in [0.2, 0.25) is 0 Å². The quantitative estimate of drug-likeness (QED) is 0.0908. The zero-order valence-electron chi connectivity index (χ0n) is 20.8. The molecule has 186 valence electrons. The fourth-order valence-corrected chi connectivity index (χ4v) is 3.60. The van der Waals surface area contributed by atoms with Crippen molar-refractivity contribution in [3.05, 3.63) is 24.3 Å². The van der Waals surface area contributed by atoms with Crippen LogP contribution in [0.25, 0.3) is 0 Å². The third-order valence-electron chi connectivity index (χ3n) is 5.63.